The smallest absolute Gasteiger partial charge is 0.179 e. The lowest BCUT2D eigenvalue weighted by Gasteiger charge is -2.22. The summed E-state index contributed by atoms with van der Waals surface area (Å²) in [7, 11) is 0. The Morgan fingerprint density at radius 2 is 2.15 bits per heavy atom. The Morgan fingerprint density at radius 3 is 2.77 bits per heavy atom. The number of ketones is 1. The first-order valence-corrected chi connectivity index (χ1v) is 5.20. The zero-order chi connectivity index (χ0) is 9.10. The molecule has 2 unspecified atom stereocenters. The maximum Gasteiger partial charge on any atom is 0.179 e. The molecule has 2 aliphatic heterocycles. The van der Waals surface area contributed by atoms with Crippen LogP contribution in [0.2, 0.25) is 0 Å². The van der Waals surface area contributed by atoms with Crippen molar-refractivity contribution in [3.8, 4) is 0 Å². The highest BCUT2D eigenvalue weighted by Crippen LogP contribution is 2.18. The first-order valence-electron chi connectivity index (χ1n) is 5.20. The molecule has 2 fully saturated rings. The van der Waals surface area contributed by atoms with Crippen LogP contribution in [0.3, 0.4) is 0 Å². The summed E-state index contributed by atoms with van der Waals surface area (Å²) in [6.07, 6.45) is 5.04. The van der Waals surface area contributed by atoms with Crippen molar-refractivity contribution in [1.29, 1.82) is 0 Å². The predicted octanol–water partition coefficient (Wildman–Crippen LogP) is 0.891. The molecular formula is C10H16NO2. The van der Waals surface area contributed by atoms with E-state index in [0.29, 0.717) is 0 Å². The normalized spacial score (nSPS) is 34.8. The molecule has 1 radical (unpaired) electrons. The van der Waals surface area contributed by atoms with Gasteiger partial charge in [-0.05, 0) is 25.7 Å². The van der Waals surface area contributed by atoms with E-state index >= 15 is 0 Å². The molecule has 0 bridgehead atoms. The van der Waals surface area contributed by atoms with Crippen molar-refractivity contribution in [2.45, 2.75) is 44.2 Å². The number of piperidine rings is 1. The Bertz CT molecular complexity index is 181. The molecule has 0 aromatic rings. The highest BCUT2D eigenvalue weighted by molar-refractivity contribution is 5.88. The van der Waals surface area contributed by atoms with E-state index in [1.807, 2.05) is 0 Å². The Kier molecular flexibility index (Phi) is 2.96. The zero-order valence-electron chi connectivity index (χ0n) is 7.87. The highest BCUT2D eigenvalue weighted by atomic mass is 16.5. The maximum atomic E-state index is 11.8. The summed E-state index contributed by atoms with van der Waals surface area (Å²) >= 11 is 0. The SMILES string of the molecule is O=C(C1CCCC[N]1)C1CCCO1. The number of hydrogen-bond acceptors (Lipinski definition) is 2. The van der Waals surface area contributed by atoms with E-state index in [-0.39, 0.29) is 17.9 Å². The number of carbonyl (C=O) groups excluding carboxylic acids is 1. The van der Waals surface area contributed by atoms with Crippen molar-refractivity contribution in [2.24, 2.45) is 0 Å². The molecule has 2 rings (SSSR count). The molecule has 2 atom stereocenters. The summed E-state index contributed by atoms with van der Waals surface area (Å²) in [5.41, 5.74) is 0. The molecular weight excluding hydrogens is 166 g/mol. The molecule has 0 aromatic carbocycles. The van der Waals surface area contributed by atoms with Crippen LogP contribution in [-0.2, 0) is 9.53 Å². The summed E-state index contributed by atoms with van der Waals surface area (Å²) in [5, 5.41) is 4.34. The molecule has 0 N–H and O–H groups in total. The van der Waals surface area contributed by atoms with E-state index in [9.17, 15) is 4.79 Å². The van der Waals surface area contributed by atoms with Crippen molar-refractivity contribution in [3.05, 3.63) is 0 Å². The molecule has 2 saturated heterocycles. The van der Waals surface area contributed by atoms with Gasteiger partial charge in [0.1, 0.15) is 6.10 Å². The van der Waals surface area contributed by atoms with Crippen LogP contribution in [0, 0.1) is 0 Å². The number of nitrogens with zero attached hydrogens (tertiary/aromatic N) is 1. The van der Waals surface area contributed by atoms with Crippen molar-refractivity contribution < 1.29 is 9.53 Å². The highest BCUT2D eigenvalue weighted by Gasteiger charge is 2.31. The third-order valence-corrected chi connectivity index (χ3v) is 2.81. The molecule has 0 saturated carbocycles. The number of carbonyl (C=O) groups is 1. The Balaban J connectivity index is 1.87. The maximum absolute atomic E-state index is 11.8. The summed E-state index contributed by atoms with van der Waals surface area (Å²) in [5.74, 6) is 0.234. The van der Waals surface area contributed by atoms with Crippen molar-refractivity contribution >= 4 is 5.78 Å². The topological polar surface area (TPSA) is 40.4 Å². The lowest BCUT2D eigenvalue weighted by molar-refractivity contribution is -0.130. The van der Waals surface area contributed by atoms with Gasteiger partial charge in [-0.2, -0.15) is 0 Å². The Labute approximate surface area is 78.8 Å². The Hall–Kier alpha value is -0.410. The van der Waals surface area contributed by atoms with Crippen LogP contribution in [0.1, 0.15) is 32.1 Å². The van der Waals surface area contributed by atoms with Gasteiger partial charge in [0, 0.05) is 13.2 Å². The third-order valence-electron chi connectivity index (χ3n) is 2.81. The van der Waals surface area contributed by atoms with Crippen LogP contribution in [0.4, 0.5) is 0 Å². The minimum absolute atomic E-state index is 0.0446. The molecule has 13 heavy (non-hydrogen) atoms. The average Bonchev–Trinajstić information content (AvgIpc) is 2.71. The molecule has 0 spiro atoms. The minimum atomic E-state index is -0.133. The fourth-order valence-electron chi connectivity index (χ4n) is 2.04. The standard InChI is InChI=1S/C10H16NO2/c12-10(9-5-3-7-13-9)8-4-1-2-6-11-8/h8-9H,1-7H2. The van der Waals surface area contributed by atoms with Gasteiger partial charge in [0.15, 0.2) is 5.78 Å². The van der Waals surface area contributed by atoms with Crippen LogP contribution in [0.15, 0.2) is 0 Å². The van der Waals surface area contributed by atoms with Gasteiger partial charge in [-0.25, -0.2) is 5.32 Å². The van der Waals surface area contributed by atoms with Crippen LogP contribution < -0.4 is 5.32 Å². The predicted molar refractivity (Wildman–Crippen MR) is 48.6 cm³/mol. The van der Waals surface area contributed by atoms with Gasteiger partial charge in [-0.15, -0.1) is 0 Å². The second kappa shape index (κ2) is 4.20. The van der Waals surface area contributed by atoms with E-state index in [4.69, 9.17) is 4.74 Å². The molecule has 2 heterocycles. The molecule has 2 aliphatic rings. The molecule has 0 amide bonds. The first-order chi connectivity index (χ1) is 6.38. The van der Waals surface area contributed by atoms with Gasteiger partial charge >= 0.3 is 0 Å². The van der Waals surface area contributed by atoms with Crippen LogP contribution in [-0.4, -0.2) is 31.1 Å². The Morgan fingerprint density at radius 1 is 1.23 bits per heavy atom. The molecule has 0 aliphatic carbocycles. The molecule has 73 valence electrons. The fourth-order valence-corrected chi connectivity index (χ4v) is 2.04. The van der Waals surface area contributed by atoms with Crippen LogP contribution >= 0.6 is 0 Å². The quantitative estimate of drug-likeness (QED) is 0.636. The van der Waals surface area contributed by atoms with Gasteiger partial charge in [0.25, 0.3) is 0 Å². The summed E-state index contributed by atoms with van der Waals surface area (Å²) in [6, 6.07) is -0.0446. The molecule has 3 heteroatoms. The van der Waals surface area contributed by atoms with Crippen molar-refractivity contribution in [1.82, 2.24) is 5.32 Å². The number of hydrogen-bond donors (Lipinski definition) is 0. The largest absolute Gasteiger partial charge is 0.370 e. The number of Topliss-reactive ketones (excluding diaryl/α,β-unsaturated/α-hetero) is 1. The first kappa shape index (κ1) is 9.16. The zero-order valence-corrected chi connectivity index (χ0v) is 7.87. The lowest BCUT2D eigenvalue weighted by Crippen LogP contribution is -2.40. The van der Waals surface area contributed by atoms with Crippen molar-refractivity contribution in [2.75, 3.05) is 13.2 Å². The number of ether oxygens (including phenoxy) is 1. The summed E-state index contributed by atoms with van der Waals surface area (Å²) in [6.45, 7) is 1.62. The van der Waals surface area contributed by atoms with Crippen LogP contribution in [0.25, 0.3) is 0 Å². The third kappa shape index (κ3) is 2.09. The summed E-state index contributed by atoms with van der Waals surface area (Å²) < 4.78 is 5.36. The second-order valence-electron chi connectivity index (χ2n) is 3.82. The lowest BCUT2D eigenvalue weighted by atomic mass is 9.97. The summed E-state index contributed by atoms with van der Waals surface area (Å²) in [4.78, 5) is 11.8. The minimum Gasteiger partial charge on any atom is -0.370 e. The number of rotatable bonds is 2. The average molecular weight is 182 g/mol. The van der Waals surface area contributed by atoms with Gasteiger partial charge in [0.05, 0.1) is 6.04 Å². The second-order valence-corrected chi connectivity index (χ2v) is 3.82. The van der Waals surface area contributed by atoms with E-state index in [2.05, 4.69) is 5.32 Å². The van der Waals surface area contributed by atoms with Gasteiger partial charge in [-0.3, -0.25) is 4.79 Å². The van der Waals surface area contributed by atoms with Gasteiger partial charge in [0.2, 0.25) is 0 Å². The van der Waals surface area contributed by atoms with E-state index in [1.165, 1.54) is 0 Å². The van der Waals surface area contributed by atoms with Gasteiger partial charge < -0.3 is 4.74 Å². The van der Waals surface area contributed by atoms with Crippen molar-refractivity contribution in [3.63, 3.8) is 0 Å². The van der Waals surface area contributed by atoms with E-state index < -0.39 is 0 Å². The monoisotopic (exact) mass is 182 g/mol. The van der Waals surface area contributed by atoms with E-state index in [1.54, 1.807) is 0 Å². The molecule has 0 aromatic heterocycles. The fraction of sp³-hybridized carbons (Fsp3) is 0.900. The van der Waals surface area contributed by atoms with Gasteiger partial charge in [-0.1, -0.05) is 6.42 Å². The van der Waals surface area contributed by atoms with E-state index in [0.717, 1.165) is 45.3 Å². The molecule has 3 nitrogen and oxygen atoms in total. The van der Waals surface area contributed by atoms with Crippen LogP contribution in [0.5, 0.6) is 0 Å².